The molecule has 106 valence electrons. The Morgan fingerprint density at radius 3 is 3.05 bits per heavy atom. The molecule has 0 saturated carbocycles. The fourth-order valence-electron chi connectivity index (χ4n) is 2.76. The topological polar surface area (TPSA) is 55.6 Å². The lowest BCUT2D eigenvalue weighted by Crippen LogP contribution is -2.29. The van der Waals surface area contributed by atoms with Gasteiger partial charge in [-0.25, -0.2) is 0 Å². The standard InChI is InChI=1S/C15H18N2O2S/c1-19-9-10-6-7-17(8-10)15(18)14-13(16)11-4-2-3-5-12(11)20-14/h2-5,10H,6-9,16H2,1H3. The van der Waals surface area contributed by atoms with Crippen molar-refractivity contribution in [1.29, 1.82) is 0 Å². The highest BCUT2D eigenvalue weighted by molar-refractivity contribution is 7.21. The number of hydrogen-bond acceptors (Lipinski definition) is 4. The number of rotatable bonds is 3. The molecule has 0 radical (unpaired) electrons. The molecule has 0 aliphatic carbocycles. The molecule has 0 spiro atoms. The minimum Gasteiger partial charge on any atom is -0.397 e. The average molecular weight is 290 g/mol. The van der Waals surface area contributed by atoms with E-state index in [1.165, 1.54) is 11.3 Å². The van der Waals surface area contributed by atoms with Crippen molar-refractivity contribution in [3.8, 4) is 0 Å². The lowest BCUT2D eigenvalue weighted by molar-refractivity contribution is 0.0781. The number of carbonyl (C=O) groups is 1. The van der Waals surface area contributed by atoms with Crippen molar-refractivity contribution in [3.63, 3.8) is 0 Å². The van der Waals surface area contributed by atoms with Gasteiger partial charge in [-0.05, 0) is 12.5 Å². The molecule has 2 aromatic rings. The summed E-state index contributed by atoms with van der Waals surface area (Å²) in [6, 6.07) is 7.89. The van der Waals surface area contributed by atoms with Crippen LogP contribution >= 0.6 is 11.3 Å². The highest BCUT2D eigenvalue weighted by Gasteiger charge is 2.29. The largest absolute Gasteiger partial charge is 0.397 e. The van der Waals surface area contributed by atoms with Gasteiger partial charge in [-0.3, -0.25) is 4.79 Å². The van der Waals surface area contributed by atoms with E-state index in [1.54, 1.807) is 7.11 Å². The second-order valence-corrected chi connectivity index (χ2v) is 6.25. The summed E-state index contributed by atoms with van der Waals surface area (Å²) >= 11 is 1.49. The molecule has 1 fully saturated rings. The molecule has 5 heteroatoms. The van der Waals surface area contributed by atoms with Crippen molar-refractivity contribution in [3.05, 3.63) is 29.1 Å². The Bertz CT molecular complexity index is 638. The number of nitrogens with zero attached hydrogens (tertiary/aromatic N) is 1. The number of carbonyl (C=O) groups excluding carboxylic acids is 1. The zero-order valence-electron chi connectivity index (χ0n) is 11.5. The van der Waals surface area contributed by atoms with Crippen molar-refractivity contribution in [1.82, 2.24) is 4.90 Å². The van der Waals surface area contributed by atoms with Crippen LogP contribution in [0.4, 0.5) is 5.69 Å². The van der Waals surface area contributed by atoms with Gasteiger partial charge >= 0.3 is 0 Å². The van der Waals surface area contributed by atoms with Gasteiger partial charge in [0.05, 0.1) is 12.3 Å². The molecule has 3 rings (SSSR count). The first-order valence-corrected chi connectivity index (χ1v) is 7.57. The van der Waals surface area contributed by atoms with Gasteiger partial charge in [0, 0.05) is 36.2 Å². The van der Waals surface area contributed by atoms with Gasteiger partial charge in [0.25, 0.3) is 5.91 Å². The lowest BCUT2D eigenvalue weighted by Gasteiger charge is -2.15. The summed E-state index contributed by atoms with van der Waals surface area (Å²) in [5.74, 6) is 0.502. The summed E-state index contributed by atoms with van der Waals surface area (Å²) in [4.78, 5) is 15.2. The number of benzene rings is 1. The molecule has 1 atom stereocenters. The maximum atomic E-state index is 12.6. The maximum Gasteiger partial charge on any atom is 0.266 e. The Morgan fingerprint density at radius 2 is 2.30 bits per heavy atom. The second-order valence-electron chi connectivity index (χ2n) is 5.20. The molecule has 4 nitrogen and oxygen atoms in total. The summed E-state index contributed by atoms with van der Waals surface area (Å²) in [5.41, 5.74) is 6.76. The van der Waals surface area contributed by atoms with Gasteiger partial charge in [-0.1, -0.05) is 18.2 Å². The predicted molar refractivity (Wildman–Crippen MR) is 82.1 cm³/mol. The zero-order valence-corrected chi connectivity index (χ0v) is 12.3. The third-order valence-electron chi connectivity index (χ3n) is 3.80. The van der Waals surface area contributed by atoms with E-state index in [2.05, 4.69) is 0 Å². The number of nitrogens with two attached hydrogens (primary N) is 1. The average Bonchev–Trinajstić information content (AvgIpc) is 3.05. The first kappa shape index (κ1) is 13.4. The van der Waals surface area contributed by atoms with Crippen molar-refractivity contribution in [2.24, 2.45) is 5.92 Å². The van der Waals surface area contributed by atoms with Crippen LogP contribution in [-0.4, -0.2) is 37.6 Å². The third-order valence-corrected chi connectivity index (χ3v) is 4.98. The monoisotopic (exact) mass is 290 g/mol. The number of anilines is 1. The van der Waals surface area contributed by atoms with Crippen LogP contribution in [0.5, 0.6) is 0 Å². The molecule has 0 bridgehead atoms. The molecule has 2 N–H and O–H groups in total. The molecule has 2 heterocycles. The van der Waals surface area contributed by atoms with E-state index >= 15 is 0 Å². The Balaban J connectivity index is 1.84. The molecular formula is C15H18N2O2S. The zero-order chi connectivity index (χ0) is 14.1. The van der Waals surface area contributed by atoms with Crippen molar-refractivity contribution in [2.75, 3.05) is 32.5 Å². The normalized spacial score (nSPS) is 18.9. The van der Waals surface area contributed by atoms with E-state index in [1.807, 2.05) is 29.2 Å². The second kappa shape index (κ2) is 5.42. The third kappa shape index (κ3) is 2.27. The van der Waals surface area contributed by atoms with E-state index in [9.17, 15) is 4.79 Å². The fourth-order valence-corrected chi connectivity index (χ4v) is 3.85. The SMILES string of the molecule is COCC1CCN(C(=O)c2sc3ccccc3c2N)C1. The van der Waals surface area contributed by atoms with Gasteiger partial charge in [0.15, 0.2) is 0 Å². The minimum atomic E-state index is 0.0577. The molecule has 20 heavy (non-hydrogen) atoms. The smallest absolute Gasteiger partial charge is 0.266 e. The molecular weight excluding hydrogens is 272 g/mol. The Kier molecular flexibility index (Phi) is 3.63. The first-order chi connectivity index (χ1) is 9.70. The van der Waals surface area contributed by atoms with E-state index in [-0.39, 0.29) is 5.91 Å². The number of amides is 1. The Morgan fingerprint density at radius 1 is 1.50 bits per heavy atom. The van der Waals surface area contributed by atoms with Crippen LogP contribution < -0.4 is 5.73 Å². The molecule has 1 aromatic carbocycles. The summed E-state index contributed by atoms with van der Waals surface area (Å²) in [6.45, 7) is 2.27. The number of thiophene rings is 1. The highest BCUT2D eigenvalue weighted by Crippen LogP contribution is 2.35. The number of likely N-dealkylation sites (tertiary alicyclic amines) is 1. The van der Waals surface area contributed by atoms with E-state index in [4.69, 9.17) is 10.5 Å². The highest BCUT2D eigenvalue weighted by atomic mass is 32.1. The lowest BCUT2D eigenvalue weighted by atomic mass is 10.1. The van der Waals surface area contributed by atoms with Crippen molar-refractivity contribution >= 4 is 33.0 Å². The minimum absolute atomic E-state index is 0.0577. The van der Waals surface area contributed by atoms with Crippen LogP contribution in [0, 0.1) is 5.92 Å². The number of ether oxygens (including phenoxy) is 1. The molecule has 1 unspecified atom stereocenters. The van der Waals surface area contributed by atoms with Crippen LogP contribution in [0.2, 0.25) is 0 Å². The summed E-state index contributed by atoms with van der Waals surface area (Å²) in [6.07, 6.45) is 1.00. The quantitative estimate of drug-likeness (QED) is 0.945. The number of methoxy groups -OCH3 is 1. The maximum absolute atomic E-state index is 12.6. The van der Waals surface area contributed by atoms with Crippen molar-refractivity contribution < 1.29 is 9.53 Å². The van der Waals surface area contributed by atoms with Crippen molar-refractivity contribution in [2.45, 2.75) is 6.42 Å². The summed E-state index contributed by atoms with van der Waals surface area (Å²) < 4.78 is 6.24. The molecule has 1 aromatic heterocycles. The molecule has 1 aliphatic heterocycles. The predicted octanol–water partition coefficient (Wildman–Crippen LogP) is 2.59. The molecule has 1 amide bonds. The van der Waals surface area contributed by atoms with Crippen LogP contribution in [0.3, 0.4) is 0 Å². The van der Waals surface area contributed by atoms with Crippen LogP contribution in [0.25, 0.3) is 10.1 Å². The van der Waals surface area contributed by atoms with Gasteiger partial charge in [-0.15, -0.1) is 11.3 Å². The van der Waals surface area contributed by atoms with Gasteiger partial charge in [0.2, 0.25) is 0 Å². The Labute approximate surface area is 122 Å². The van der Waals surface area contributed by atoms with Gasteiger partial charge < -0.3 is 15.4 Å². The van der Waals surface area contributed by atoms with Crippen LogP contribution in [0.15, 0.2) is 24.3 Å². The summed E-state index contributed by atoms with van der Waals surface area (Å²) in [5, 5.41) is 0.980. The molecule has 1 aliphatic rings. The number of hydrogen-bond donors (Lipinski definition) is 1. The van der Waals surface area contributed by atoms with Crippen LogP contribution in [0.1, 0.15) is 16.1 Å². The van der Waals surface area contributed by atoms with Gasteiger partial charge in [-0.2, -0.15) is 0 Å². The Hall–Kier alpha value is -1.59. The first-order valence-electron chi connectivity index (χ1n) is 6.76. The van der Waals surface area contributed by atoms with E-state index in [0.717, 1.165) is 29.6 Å². The number of nitrogen functional groups attached to an aromatic ring is 1. The number of fused-ring (bicyclic) bond motifs is 1. The fraction of sp³-hybridized carbons (Fsp3) is 0.400. The summed E-state index contributed by atoms with van der Waals surface area (Å²) in [7, 11) is 1.70. The van der Waals surface area contributed by atoms with E-state index in [0.29, 0.717) is 23.1 Å². The van der Waals surface area contributed by atoms with E-state index < -0.39 is 0 Å². The molecule has 1 saturated heterocycles. The van der Waals surface area contributed by atoms with Crippen LogP contribution in [-0.2, 0) is 4.74 Å². The van der Waals surface area contributed by atoms with Gasteiger partial charge in [0.1, 0.15) is 4.88 Å².